The second-order valence-corrected chi connectivity index (χ2v) is 5.74. The molecule has 2 rings (SSSR count). The molecule has 0 N–H and O–H groups in total. The van der Waals surface area contributed by atoms with Crippen LogP contribution < -0.4 is 5.46 Å². The number of nitriles is 1. The predicted molar refractivity (Wildman–Crippen MR) is 71.6 cm³/mol. The molecule has 1 aromatic carbocycles. The van der Waals surface area contributed by atoms with Gasteiger partial charge in [0.05, 0.1) is 22.8 Å². The minimum Gasteiger partial charge on any atom is -0.399 e. The van der Waals surface area contributed by atoms with Gasteiger partial charge >= 0.3 is 7.12 Å². The summed E-state index contributed by atoms with van der Waals surface area (Å²) in [7, 11) is -0.468. The molecule has 0 saturated carbocycles. The molecule has 1 aliphatic heterocycles. The molecule has 0 bridgehead atoms. The zero-order chi connectivity index (χ0) is 13.6. The second-order valence-electron chi connectivity index (χ2n) is 5.74. The topological polar surface area (TPSA) is 42.2 Å². The Morgan fingerprint density at radius 2 is 1.67 bits per heavy atom. The highest BCUT2D eigenvalue weighted by Gasteiger charge is 2.52. The third-order valence-corrected chi connectivity index (χ3v) is 3.92. The molecule has 1 heterocycles. The van der Waals surface area contributed by atoms with E-state index in [4.69, 9.17) is 9.31 Å². The molecular formula is C14H18BNO2. The molecular weight excluding hydrogens is 225 g/mol. The third kappa shape index (κ3) is 1.94. The molecule has 3 nitrogen and oxygen atoms in total. The molecule has 18 heavy (non-hydrogen) atoms. The van der Waals surface area contributed by atoms with Crippen molar-refractivity contribution in [1.82, 2.24) is 0 Å². The molecule has 1 aromatic rings. The minimum atomic E-state index is -0.468. The summed E-state index contributed by atoms with van der Waals surface area (Å²) in [5.41, 5.74) is 1.65. The molecule has 1 aliphatic rings. The fraction of sp³-hybridized carbons (Fsp3) is 0.500. The number of aryl methyl sites for hydroxylation is 1. The molecule has 0 aliphatic carbocycles. The van der Waals surface area contributed by atoms with E-state index in [1.54, 1.807) is 0 Å². The Hall–Kier alpha value is -1.31. The molecule has 0 amide bonds. The number of hydrogen-bond acceptors (Lipinski definition) is 3. The highest BCUT2D eigenvalue weighted by atomic mass is 16.7. The lowest BCUT2D eigenvalue weighted by Crippen LogP contribution is -2.41. The van der Waals surface area contributed by atoms with E-state index >= 15 is 0 Å². The van der Waals surface area contributed by atoms with Gasteiger partial charge in [0.15, 0.2) is 0 Å². The van der Waals surface area contributed by atoms with E-state index in [1.165, 1.54) is 0 Å². The SMILES string of the molecule is Cc1cccc(B2OC(C)(C)C(C)(C)O2)c1C#N. The zero-order valence-electron chi connectivity index (χ0n) is 11.6. The number of benzene rings is 1. The van der Waals surface area contributed by atoms with Crippen molar-refractivity contribution in [3.05, 3.63) is 29.3 Å². The fourth-order valence-electron chi connectivity index (χ4n) is 2.01. The monoisotopic (exact) mass is 243 g/mol. The average molecular weight is 243 g/mol. The van der Waals surface area contributed by atoms with Gasteiger partial charge in [0, 0.05) is 5.46 Å². The number of nitrogens with zero attached hydrogens (tertiary/aromatic N) is 1. The molecule has 0 aromatic heterocycles. The van der Waals surface area contributed by atoms with Crippen molar-refractivity contribution in [3.8, 4) is 6.07 Å². The van der Waals surface area contributed by atoms with Gasteiger partial charge in [-0.2, -0.15) is 5.26 Å². The number of rotatable bonds is 1. The van der Waals surface area contributed by atoms with Crippen LogP contribution in [0.1, 0.15) is 38.8 Å². The fourth-order valence-corrected chi connectivity index (χ4v) is 2.01. The van der Waals surface area contributed by atoms with Crippen molar-refractivity contribution in [2.45, 2.75) is 45.8 Å². The Bertz CT molecular complexity index is 501. The Balaban J connectivity index is 2.42. The molecule has 0 atom stereocenters. The average Bonchev–Trinajstić information content (AvgIpc) is 2.47. The normalized spacial score (nSPS) is 20.8. The molecule has 1 saturated heterocycles. The first-order valence-electron chi connectivity index (χ1n) is 6.14. The summed E-state index contributed by atoms with van der Waals surface area (Å²) in [4.78, 5) is 0. The van der Waals surface area contributed by atoms with Crippen LogP contribution in [0, 0.1) is 18.3 Å². The molecule has 0 unspecified atom stereocenters. The van der Waals surface area contributed by atoms with Crippen LogP contribution in [0.3, 0.4) is 0 Å². The van der Waals surface area contributed by atoms with Gasteiger partial charge in [-0.1, -0.05) is 18.2 Å². The van der Waals surface area contributed by atoms with Crippen LogP contribution in [0.2, 0.25) is 0 Å². The van der Waals surface area contributed by atoms with Crippen LogP contribution in [-0.2, 0) is 9.31 Å². The minimum absolute atomic E-state index is 0.381. The van der Waals surface area contributed by atoms with Gasteiger partial charge in [0.2, 0.25) is 0 Å². The Morgan fingerprint density at radius 1 is 1.11 bits per heavy atom. The van der Waals surface area contributed by atoms with Gasteiger partial charge in [-0.3, -0.25) is 0 Å². The highest BCUT2D eigenvalue weighted by Crippen LogP contribution is 2.36. The van der Waals surface area contributed by atoms with Crippen molar-refractivity contribution in [1.29, 1.82) is 5.26 Å². The predicted octanol–water partition coefficient (Wildman–Crippen LogP) is 2.17. The van der Waals surface area contributed by atoms with E-state index in [1.807, 2.05) is 52.8 Å². The Labute approximate surface area is 109 Å². The standard InChI is InChI=1S/C14H18BNO2/c1-10-7-6-8-12(11(10)9-16)15-17-13(2,3)14(4,5)18-15/h6-8H,1-5H3. The highest BCUT2D eigenvalue weighted by molar-refractivity contribution is 6.62. The van der Waals surface area contributed by atoms with Gasteiger partial charge in [-0.25, -0.2) is 0 Å². The van der Waals surface area contributed by atoms with Crippen LogP contribution in [0.4, 0.5) is 0 Å². The van der Waals surface area contributed by atoms with Crippen molar-refractivity contribution in [3.63, 3.8) is 0 Å². The van der Waals surface area contributed by atoms with E-state index < -0.39 is 7.12 Å². The summed E-state index contributed by atoms with van der Waals surface area (Å²) in [6.45, 7) is 9.96. The molecule has 4 heteroatoms. The van der Waals surface area contributed by atoms with Gasteiger partial charge in [-0.15, -0.1) is 0 Å². The van der Waals surface area contributed by atoms with E-state index in [2.05, 4.69) is 6.07 Å². The first kappa shape index (κ1) is 13.1. The lowest BCUT2D eigenvalue weighted by molar-refractivity contribution is 0.00578. The smallest absolute Gasteiger partial charge is 0.399 e. The van der Waals surface area contributed by atoms with Gasteiger partial charge in [0.25, 0.3) is 0 Å². The molecule has 0 spiro atoms. The molecule has 0 radical (unpaired) electrons. The van der Waals surface area contributed by atoms with E-state index in [9.17, 15) is 5.26 Å². The molecule has 1 fully saturated rings. The van der Waals surface area contributed by atoms with Gasteiger partial charge in [0.1, 0.15) is 0 Å². The maximum absolute atomic E-state index is 9.26. The van der Waals surface area contributed by atoms with Crippen LogP contribution in [-0.4, -0.2) is 18.3 Å². The number of hydrogen-bond donors (Lipinski definition) is 0. The summed E-state index contributed by atoms with van der Waals surface area (Å²) in [5.74, 6) is 0. The van der Waals surface area contributed by atoms with Crippen LogP contribution in [0.5, 0.6) is 0 Å². The lowest BCUT2D eigenvalue weighted by Gasteiger charge is -2.32. The van der Waals surface area contributed by atoms with Crippen LogP contribution >= 0.6 is 0 Å². The summed E-state index contributed by atoms with van der Waals surface area (Å²) < 4.78 is 11.9. The van der Waals surface area contributed by atoms with E-state index in [-0.39, 0.29) is 11.2 Å². The molecule has 94 valence electrons. The van der Waals surface area contributed by atoms with Crippen molar-refractivity contribution in [2.75, 3.05) is 0 Å². The third-order valence-electron chi connectivity index (χ3n) is 3.92. The summed E-state index contributed by atoms with van der Waals surface area (Å²) in [6.07, 6.45) is 0. The van der Waals surface area contributed by atoms with E-state index in [0.29, 0.717) is 5.56 Å². The first-order valence-corrected chi connectivity index (χ1v) is 6.14. The maximum atomic E-state index is 9.26. The summed E-state index contributed by atoms with van der Waals surface area (Å²) >= 11 is 0. The van der Waals surface area contributed by atoms with Crippen molar-refractivity contribution in [2.24, 2.45) is 0 Å². The zero-order valence-corrected chi connectivity index (χ0v) is 11.6. The first-order chi connectivity index (χ1) is 8.28. The van der Waals surface area contributed by atoms with Crippen molar-refractivity contribution >= 4 is 12.6 Å². The quantitative estimate of drug-likeness (QED) is 0.710. The summed E-state index contributed by atoms with van der Waals surface area (Å²) in [6, 6.07) is 7.98. The van der Waals surface area contributed by atoms with Gasteiger partial charge in [-0.05, 0) is 40.2 Å². The van der Waals surface area contributed by atoms with Gasteiger partial charge < -0.3 is 9.31 Å². The Morgan fingerprint density at radius 3 is 2.17 bits per heavy atom. The summed E-state index contributed by atoms with van der Waals surface area (Å²) in [5, 5.41) is 9.26. The van der Waals surface area contributed by atoms with Crippen LogP contribution in [0.15, 0.2) is 18.2 Å². The van der Waals surface area contributed by atoms with Crippen LogP contribution in [0.25, 0.3) is 0 Å². The second kappa shape index (κ2) is 4.12. The maximum Gasteiger partial charge on any atom is 0.496 e. The lowest BCUT2D eigenvalue weighted by atomic mass is 9.75. The Kier molecular flexibility index (Phi) is 3.00. The largest absolute Gasteiger partial charge is 0.496 e. The van der Waals surface area contributed by atoms with E-state index in [0.717, 1.165) is 11.0 Å². The van der Waals surface area contributed by atoms with Crippen molar-refractivity contribution < 1.29 is 9.31 Å².